The van der Waals surface area contributed by atoms with E-state index in [-0.39, 0.29) is 17.7 Å². The summed E-state index contributed by atoms with van der Waals surface area (Å²) in [7, 11) is 1.51. The summed E-state index contributed by atoms with van der Waals surface area (Å²) in [5.41, 5.74) is -0.00700. The number of anilines is 2. The van der Waals surface area contributed by atoms with Gasteiger partial charge in [0.2, 0.25) is 5.91 Å². The van der Waals surface area contributed by atoms with Crippen LogP contribution in [0.25, 0.3) is 0 Å². The average Bonchev–Trinajstić information content (AvgIpc) is 2.64. The second-order valence-corrected chi connectivity index (χ2v) is 8.00. The van der Waals surface area contributed by atoms with Crippen molar-refractivity contribution in [1.82, 2.24) is 0 Å². The molecule has 2 aromatic carbocycles. The van der Waals surface area contributed by atoms with Crippen LogP contribution in [0, 0.1) is 5.92 Å². The molecule has 2 aromatic rings. The molecule has 0 bridgehead atoms. The van der Waals surface area contributed by atoms with Crippen molar-refractivity contribution in [2.75, 3.05) is 17.7 Å². The largest absolute Gasteiger partial charge is 0.494 e. The molecular weight excluding hydrogens is 424 g/mol. The van der Waals surface area contributed by atoms with Gasteiger partial charge in [-0.1, -0.05) is 29.8 Å². The smallest absolute Gasteiger partial charge is 0.267 e. The normalized spacial score (nSPS) is 11.1. The molecule has 150 valence electrons. The van der Waals surface area contributed by atoms with Crippen LogP contribution in [0.4, 0.5) is 11.4 Å². The fourth-order valence-electron chi connectivity index (χ4n) is 2.27. The molecule has 0 saturated carbocycles. The van der Waals surface area contributed by atoms with Crippen LogP contribution in [0.5, 0.6) is 11.5 Å². The third-order valence-corrected chi connectivity index (χ3v) is 4.50. The predicted molar refractivity (Wildman–Crippen MR) is 114 cm³/mol. The Balaban J connectivity index is 2.11. The minimum Gasteiger partial charge on any atom is -0.494 e. The Labute approximate surface area is 173 Å². The fraction of sp³-hybridized carbons (Fsp3) is 0.333. The van der Waals surface area contributed by atoms with Crippen molar-refractivity contribution in [3.05, 3.63) is 46.9 Å². The van der Waals surface area contributed by atoms with E-state index in [1.807, 2.05) is 26.0 Å². The maximum atomic E-state index is 12.7. The van der Waals surface area contributed by atoms with Crippen molar-refractivity contribution < 1.29 is 19.1 Å². The number of hydrogen-bond acceptors (Lipinski definition) is 4. The molecule has 0 aliphatic heterocycles. The van der Waals surface area contributed by atoms with E-state index in [9.17, 15) is 9.59 Å². The Morgan fingerprint density at radius 1 is 1.04 bits per heavy atom. The first-order chi connectivity index (χ1) is 13.1. The van der Waals surface area contributed by atoms with E-state index in [4.69, 9.17) is 9.47 Å². The molecule has 0 fully saturated rings. The summed E-state index contributed by atoms with van der Waals surface area (Å²) in [6.45, 7) is 7.01. The van der Waals surface area contributed by atoms with Gasteiger partial charge in [0, 0.05) is 22.1 Å². The number of carbonyl (C=O) groups excluding carboxylic acids is 2. The zero-order valence-corrected chi connectivity index (χ0v) is 18.2. The van der Waals surface area contributed by atoms with E-state index in [0.717, 1.165) is 4.47 Å². The second-order valence-electron chi connectivity index (χ2n) is 7.08. The van der Waals surface area contributed by atoms with Gasteiger partial charge in [-0.3, -0.25) is 9.59 Å². The summed E-state index contributed by atoms with van der Waals surface area (Å²) in [6.07, 6.45) is 0. The van der Waals surface area contributed by atoms with Gasteiger partial charge in [-0.25, -0.2) is 0 Å². The topological polar surface area (TPSA) is 76.7 Å². The Morgan fingerprint density at radius 3 is 2.25 bits per heavy atom. The summed E-state index contributed by atoms with van der Waals surface area (Å²) in [5.74, 6) is 0.474. The highest BCUT2D eigenvalue weighted by molar-refractivity contribution is 9.10. The lowest BCUT2D eigenvalue weighted by molar-refractivity contribution is -0.128. The van der Waals surface area contributed by atoms with Crippen LogP contribution in [0.15, 0.2) is 46.9 Å². The van der Waals surface area contributed by atoms with Crippen molar-refractivity contribution in [2.24, 2.45) is 5.92 Å². The molecule has 7 heteroatoms. The molecule has 28 heavy (non-hydrogen) atoms. The summed E-state index contributed by atoms with van der Waals surface area (Å²) < 4.78 is 12.1. The van der Waals surface area contributed by atoms with Gasteiger partial charge >= 0.3 is 0 Å². The number of nitrogens with one attached hydrogen (secondary N) is 2. The average molecular weight is 449 g/mol. The van der Waals surface area contributed by atoms with Crippen molar-refractivity contribution in [2.45, 2.75) is 33.3 Å². The van der Waals surface area contributed by atoms with E-state index in [1.165, 1.54) is 7.11 Å². The molecule has 6 nitrogen and oxygen atoms in total. The molecule has 2 rings (SSSR count). The zero-order valence-electron chi connectivity index (χ0n) is 16.6. The summed E-state index contributed by atoms with van der Waals surface area (Å²) in [5, 5.41) is 5.63. The SMILES string of the molecule is COc1cc(NC(=O)C(C)(C)Oc2ccc(Br)cc2)ccc1NC(=O)C(C)C. The Bertz CT molecular complexity index is 848. The van der Waals surface area contributed by atoms with Crippen molar-refractivity contribution in [3.63, 3.8) is 0 Å². The molecule has 0 aliphatic rings. The Morgan fingerprint density at radius 2 is 1.68 bits per heavy atom. The van der Waals surface area contributed by atoms with Crippen molar-refractivity contribution in [1.29, 1.82) is 0 Å². The molecule has 0 aliphatic carbocycles. The van der Waals surface area contributed by atoms with Crippen LogP contribution < -0.4 is 20.1 Å². The summed E-state index contributed by atoms with van der Waals surface area (Å²) in [4.78, 5) is 24.6. The highest BCUT2D eigenvalue weighted by Gasteiger charge is 2.30. The molecular formula is C21H25BrN2O4. The summed E-state index contributed by atoms with van der Waals surface area (Å²) in [6, 6.07) is 12.3. The van der Waals surface area contributed by atoms with E-state index in [0.29, 0.717) is 22.9 Å². The van der Waals surface area contributed by atoms with Crippen LogP contribution in [0.2, 0.25) is 0 Å². The molecule has 0 unspecified atom stereocenters. The van der Waals surface area contributed by atoms with Gasteiger partial charge in [-0.05, 0) is 50.2 Å². The van der Waals surface area contributed by atoms with Crippen LogP contribution in [-0.4, -0.2) is 24.5 Å². The number of hydrogen-bond donors (Lipinski definition) is 2. The summed E-state index contributed by atoms with van der Waals surface area (Å²) >= 11 is 3.37. The lowest BCUT2D eigenvalue weighted by atomic mass is 10.1. The van der Waals surface area contributed by atoms with Crippen LogP contribution in [0.1, 0.15) is 27.7 Å². The molecule has 0 spiro atoms. The van der Waals surface area contributed by atoms with Gasteiger partial charge in [-0.15, -0.1) is 0 Å². The first-order valence-electron chi connectivity index (χ1n) is 8.87. The number of carbonyl (C=O) groups is 2. The van der Waals surface area contributed by atoms with Gasteiger partial charge in [-0.2, -0.15) is 0 Å². The van der Waals surface area contributed by atoms with Gasteiger partial charge in [0.1, 0.15) is 11.5 Å². The number of rotatable bonds is 7. The van der Waals surface area contributed by atoms with Gasteiger partial charge in [0.05, 0.1) is 12.8 Å². The highest BCUT2D eigenvalue weighted by Crippen LogP contribution is 2.29. The Kier molecular flexibility index (Phi) is 7.07. The van der Waals surface area contributed by atoms with E-state index in [2.05, 4.69) is 26.6 Å². The zero-order chi connectivity index (χ0) is 20.9. The van der Waals surface area contributed by atoms with Crippen LogP contribution >= 0.6 is 15.9 Å². The number of ether oxygens (including phenoxy) is 2. The van der Waals surface area contributed by atoms with Crippen molar-refractivity contribution >= 4 is 39.1 Å². The number of methoxy groups -OCH3 is 1. The van der Waals surface area contributed by atoms with E-state index < -0.39 is 5.60 Å². The lowest BCUT2D eigenvalue weighted by Gasteiger charge is -2.25. The minimum atomic E-state index is -1.09. The number of benzene rings is 2. The minimum absolute atomic E-state index is 0.112. The molecule has 0 saturated heterocycles. The van der Waals surface area contributed by atoms with Crippen molar-refractivity contribution in [3.8, 4) is 11.5 Å². The fourth-order valence-corrected chi connectivity index (χ4v) is 2.54. The third-order valence-electron chi connectivity index (χ3n) is 3.98. The number of amides is 2. The van der Waals surface area contributed by atoms with Gasteiger partial charge in [0.15, 0.2) is 5.60 Å². The maximum absolute atomic E-state index is 12.7. The standard InChI is InChI=1S/C21H25BrN2O4/c1-13(2)19(25)24-17-11-8-15(12-18(17)27-5)23-20(26)21(3,4)28-16-9-6-14(22)7-10-16/h6-13H,1-5H3,(H,23,26)(H,24,25). The van der Waals surface area contributed by atoms with Gasteiger partial charge < -0.3 is 20.1 Å². The van der Waals surface area contributed by atoms with E-state index in [1.54, 1.807) is 44.2 Å². The van der Waals surface area contributed by atoms with E-state index >= 15 is 0 Å². The third kappa shape index (κ3) is 5.73. The number of halogens is 1. The van der Waals surface area contributed by atoms with Gasteiger partial charge in [0.25, 0.3) is 5.91 Å². The lowest BCUT2D eigenvalue weighted by Crippen LogP contribution is -2.42. The highest BCUT2D eigenvalue weighted by atomic mass is 79.9. The molecule has 0 heterocycles. The first-order valence-corrected chi connectivity index (χ1v) is 9.66. The molecule has 2 N–H and O–H groups in total. The monoisotopic (exact) mass is 448 g/mol. The second kappa shape index (κ2) is 9.10. The molecule has 0 aromatic heterocycles. The molecule has 2 amide bonds. The van der Waals surface area contributed by atoms with Crippen LogP contribution in [0.3, 0.4) is 0 Å². The quantitative estimate of drug-likeness (QED) is 0.634. The maximum Gasteiger partial charge on any atom is 0.267 e. The molecule has 0 radical (unpaired) electrons. The molecule has 0 atom stereocenters. The van der Waals surface area contributed by atoms with Crippen LogP contribution in [-0.2, 0) is 9.59 Å². The Hall–Kier alpha value is -2.54. The predicted octanol–water partition coefficient (Wildman–Crippen LogP) is 4.85. The first kappa shape index (κ1) is 21.8.